The fourth-order valence-corrected chi connectivity index (χ4v) is 3.81. The lowest BCUT2D eigenvalue weighted by molar-refractivity contribution is -0.133. The van der Waals surface area contributed by atoms with Gasteiger partial charge < -0.3 is 10.6 Å². The van der Waals surface area contributed by atoms with Gasteiger partial charge in [-0.25, -0.2) is 9.48 Å². The molecule has 2 aromatic rings. The van der Waals surface area contributed by atoms with Crippen LogP contribution in [0.4, 0.5) is 10.5 Å². The summed E-state index contributed by atoms with van der Waals surface area (Å²) in [6.45, 7) is 8.98. The number of hydrogen-bond acceptors (Lipinski definition) is 4. The third kappa shape index (κ3) is 4.01. The monoisotopic (exact) mass is 397 g/mol. The molecular weight excluding hydrogens is 370 g/mol. The molecule has 1 aromatic heterocycles. The molecule has 1 saturated heterocycles. The summed E-state index contributed by atoms with van der Waals surface area (Å²) in [7, 11) is 0. The van der Waals surface area contributed by atoms with Gasteiger partial charge in [0, 0.05) is 0 Å². The van der Waals surface area contributed by atoms with Gasteiger partial charge in [0.1, 0.15) is 12.1 Å². The number of hydrogen-bond donors (Lipinski definition) is 2. The van der Waals surface area contributed by atoms with Gasteiger partial charge in [0.05, 0.1) is 22.8 Å². The molecule has 4 amide bonds. The summed E-state index contributed by atoms with van der Waals surface area (Å²) in [4.78, 5) is 38.6. The average molecular weight is 397 g/mol. The second-order valence-electron chi connectivity index (χ2n) is 8.09. The molecule has 0 radical (unpaired) electrons. The summed E-state index contributed by atoms with van der Waals surface area (Å²) in [6, 6.07) is 9.05. The van der Waals surface area contributed by atoms with Crippen LogP contribution in [0.15, 0.2) is 30.3 Å². The highest BCUT2D eigenvalue weighted by atomic mass is 16.2. The Bertz CT molecular complexity index is 951. The number of carbonyl (C=O) groups excluding carboxylic acids is 3. The first-order chi connectivity index (χ1) is 13.6. The second kappa shape index (κ2) is 7.69. The molecule has 8 heteroatoms. The molecule has 1 aliphatic heterocycles. The van der Waals surface area contributed by atoms with E-state index in [4.69, 9.17) is 0 Å². The summed E-state index contributed by atoms with van der Waals surface area (Å²) in [6.07, 6.45) is 0.512. The van der Waals surface area contributed by atoms with Crippen LogP contribution in [0.1, 0.15) is 38.6 Å². The van der Waals surface area contributed by atoms with Gasteiger partial charge in [-0.3, -0.25) is 14.5 Å². The fraction of sp³-hybridized carbons (Fsp3) is 0.429. The Hall–Kier alpha value is -3.16. The highest BCUT2D eigenvalue weighted by molar-refractivity contribution is 6.10. The minimum absolute atomic E-state index is 0.229. The highest BCUT2D eigenvalue weighted by Gasteiger charge is 2.48. The molecule has 0 saturated carbocycles. The lowest BCUT2D eigenvalue weighted by atomic mass is 9.91. The topological polar surface area (TPSA) is 96.3 Å². The lowest BCUT2D eigenvalue weighted by Crippen LogP contribution is -2.45. The van der Waals surface area contributed by atoms with Gasteiger partial charge in [-0.15, -0.1) is 0 Å². The smallest absolute Gasteiger partial charge is 0.323 e. The molecule has 0 unspecified atom stereocenters. The third-order valence-corrected chi connectivity index (χ3v) is 5.02. The number of nitrogens with one attached hydrogen (secondary N) is 2. The zero-order valence-corrected chi connectivity index (χ0v) is 17.4. The van der Waals surface area contributed by atoms with Gasteiger partial charge in [0.15, 0.2) is 0 Å². The van der Waals surface area contributed by atoms with E-state index in [2.05, 4.69) is 15.7 Å². The van der Waals surface area contributed by atoms with Crippen LogP contribution in [-0.4, -0.2) is 44.6 Å². The number of imide groups is 1. The minimum Gasteiger partial charge on any atom is -0.323 e. The van der Waals surface area contributed by atoms with Crippen LogP contribution in [-0.2, 0) is 9.59 Å². The SMILES string of the molecule is Cc1nn(-c2ccccc2)c(C)c1NC(=O)CN1C(=O)N[C@@](C)(CC(C)C)C1=O. The van der Waals surface area contributed by atoms with Gasteiger partial charge in [-0.1, -0.05) is 32.0 Å². The van der Waals surface area contributed by atoms with Gasteiger partial charge in [0.25, 0.3) is 5.91 Å². The fourth-order valence-electron chi connectivity index (χ4n) is 3.81. The van der Waals surface area contributed by atoms with Gasteiger partial charge in [0.2, 0.25) is 5.91 Å². The maximum atomic E-state index is 12.7. The van der Waals surface area contributed by atoms with Crippen molar-refractivity contribution in [3.05, 3.63) is 41.7 Å². The van der Waals surface area contributed by atoms with Crippen LogP contribution in [0.5, 0.6) is 0 Å². The third-order valence-electron chi connectivity index (χ3n) is 5.02. The summed E-state index contributed by atoms with van der Waals surface area (Å²) < 4.78 is 1.75. The van der Waals surface area contributed by atoms with E-state index in [0.717, 1.165) is 16.3 Å². The molecule has 0 aliphatic carbocycles. The van der Waals surface area contributed by atoms with Crippen molar-refractivity contribution in [1.29, 1.82) is 0 Å². The Morgan fingerprint density at radius 3 is 2.48 bits per heavy atom. The molecule has 2 heterocycles. The Morgan fingerprint density at radius 2 is 1.86 bits per heavy atom. The van der Waals surface area contributed by atoms with E-state index in [0.29, 0.717) is 17.8 Å². The molecule has 154 valence electrons. The van der Waals surface area contributed by atoms with Crippen molar-refractivity contribution in [2.45, 2.75) is 46.6 Å². The number of aryl methyl sites for hydroxylation is 1. The summed E-state index contributed by atoms with van der Waals surface area (Å²) in [5.41, 5.74) is 1.91. The van der Waals surface area contributed by atoms with Crippen LogP contribution in [0.3, 0.4) is 0 Å². The molecule has 1 fully saturated rings. The number of anilines is 1. The van der Waals surface area contributed by atoms with Crippen molar-refractivity contribution >= 4 is 23.5 Å². The Balaban J connectivity index is 1.74. The summed E-state index contributed by atoms with van der Waals surface area (Å²) in [5.74, 6) is -0.590. The van der Waals surface area contributed by atoms with E-state index in [1.165, 1.54) is 0 Å². The van der Waals surface area contributed by atoms with E-state index in [9.17, 15) is 14.4 Å². The van der Waals surface area contributed by atoms with Crippen molar-refractivity contribution in [3.8, 4) is 5.69 Å². The molecule has 29 heavy (non-hydrogen) atoms. The summed E-state index contributed by atoms with van der Waals surface area (Å²) >= 11 is 0. The number of aromatic nitrogens is 2. The van der Waals surface area contributed by atoms with E-state index in [1.54, 1.807) is 18.5 Å². The molecule has 8 nitrogen and oxygen atoms in total. The molecular formula is C21H27N5O3. The molecule has 3 rings (SSSR count). The van der Waals surface area contributed by atoms with E-state index >= 15 is 0 Å². The van der Waals surface area contributed by atoms with Crippen molar-refractivity contribution in [2.24, 2.45) is 5.92 Å². The molecule has 2 N–H and O–H groups in total. The zero-order chi connectivity index (χ0) is 21.3. The van der Waals surface area contributed by atoms with Crippen LogP contribution in [0.2, 0.25) is 0 Å². The second-order valence-corrected chi connectivity index (χ2v) is 8.09. The first-order valence-corrected chi connectivity index (χ1v) is 9.68. The standard InChI is InChI=1S/C21H27N5O3/c1-13(2)11-21(5)19(28)25(20(29)23-21)12-17(27)22-18-14(3)24-26(15(18)4)16-9-7-6-8-10-16/h6-10,13H,11-12H2,1-5H3,(H,22,27)(H,23,29)/t21-/m0/s1. The molecule has 0 spiro atoms. The number of amides is 4. The molecule has 1 atom stereocenters. The quantitative estimate of drug-likeness (QED) is 0.733. The Morgan fingerprint density at radius 1 is 1.21 bits per heavy atom. The predicted molar refractivity (Wildman–Crippen MR) is 110 cm³/mol. The molecule has 1 aliphatic rings. The highest BCUT2D eigenvalue weighted by Crippen LogP contribution is 2.26. The first-order valence-electron chi connectivity index (χ1n) is 9.68. The minimum atomic E-state index is -0.977. The van der Waals surface area contributed by atoms with Gasteiger partial charge in [-0.2, -0.15) is 5.10 Å². The van der Waals surface area contributed by atoms with Crippen molar-refractivity contribution in [1.82, 2.24) is 20.0 Å². The van der Waals surface area contributed by atoms with Crippen LogP contribution < -0.4 is 10.6 Å². The number of rotatable bonds is 6. The first kappa shape index (κ1) is 20.6. The van der Waals surface area contributed by atoms with Gasteiger partial charge >= 0.3 is 6.03 Å². The van der Waals surface area contributed by atoms with Gasteiger partial charge in [-0.05, 0) is 45.2 Å². The number of para-hydroxylation sites is 1. The van der Waals surface area contributed by atoms with Crippen molar-refractivity contribution in [2.75, 3.05) is 11.9 Å². The zero-order valence-electron chi connectivity index (χ0n) is 17.4. The lowest BCUT2D eigenvalue weighted by Gasteiger charge is -2.23. The van der Waals surface area contributed by atoms with E-state index in [-0.39, 0.29) is 18.4 Å². The summed E-state index contributed by atoms with van der Waals surface area (Å²) in [5, 5.41) is 10.0. The van der Waals surface area contributed by atoms with E-state index < -0.39 is 17.5 Å². The van der Waals surface area contributed by atoms with Crippen LogP contribution in [0, 0.1) is 19.8 Å². The van der Waals surface area contributed by atoms with Crippen molar-refractivity contribution in [3.63, 3.8) is 0 Å². The Kier molecular flexibility index (Phi) is 5.46. The maximum absolute atomic E-state index is 12.7. The number of nitrogens with zero attached hydrogens (tertiary/aromatic N) is 3. The molecule has 1 aromatic carbocycles. The van der Waals surface area contributed by atoms with Crippen molar-refractivity contribution < 1.29 is 14.4 Å². The van der Waals surface area contributed by atoms with Crippen LogP contribution in [0.25, 0.3) is 5.69 Å². The number of benzene rings is 1. The average Bonchev–Trinajstić information content (AvgIpc) is 3.04. The largest absolute Gasteiger partial charge is 0.325 e. The van der Waals surface area contributed by atoms with E-state index in [1.807, 2.05) is 51.1 Å². The molecule has 0 bridgehead atoms. The normalized spacial score (nSPS) is 19.0. The van der Waals surface area contributed by atoms with Crippen LogP contribution >= 0.6 is 0 Å². The Labute approximate surface area is 170 Å². The number of urea groups is 1. The predicted octanol–water partition coefficient (Wildman–Crippen LogP) is 2.78. The maximum Gasteiger partial charge on any atom is 0.325 e. The number of carbonyl (C=O) groups is 3.